The molecule has 0 unspecified atom stereocenters. The number of thiazole rings is 1. The van der Waals surface area contributed by atoms with E-state index in [1.807, 2.05) is 31.2 Å². The van der Waals surface area contributed by atoms with Gasteiger partial charge in [0, 0.05) is 18.7 Å². The minimum atomic E-state index is -0.530. The van der Waals surface area contributed by atoms with Crippen molar-refractivity contribution in [1.82, 2.24) is 15.2 Å². The van der Waals surface area contributed by atoms with Gasteiger partial charge in [0.2, 0.25) is 0 Å². The number of nitrogens with one attached hydrogen (secondary N) is 1. The lowest BCUT2D eigenvalue weighted by Gasteiger charge is -2.28. The first-order valence-corrected chi connectivity index (χ1v) is 12.7. The second-order valence-electron chi connectivity index (χ2n) is 9.55. The Labute approximate surface area is 211 Å². The molecule has 3 N–H and O–H groups in total. The number of amides is 2. The molecule has 0 bridgehead atoms. The minimum Gasteiger partial charge on any atom is -0.466 e. The number of ether oxygens (including phenoxy) is 2. The molecule has 8 nitrogen and oxygen atoms in total. The van der Waals surface area contributed by atoms with Crippen LogP contribution in [0, 0.1) is 24.6 Å². The number of nitrogen functional groups attached to an aromatic ring is 1. The molecule has 2 amide bonds. The van der Waals surface area contributed by atoms with Gasteiger partial charge in [-0.25, -0.2) is 9.37 Å². The first-order chi connectivity index (χ1) is 17.4. The van der Waals surface area contributed by atoms with Crippen LogP contribution in [0.5, 0.6) is 5.75 Å². The molecule has 2 aromatic carbocycles. The van der Waals surface area contributed by atoms with Crippen LogP contribution in [-0.2, 0) is 11.3 Å². The van der Waals surface area contributed by atoms with Crippen molar-refractivity contribution in [2.24, 2.45) is 11.8 Å². The van der Waals surface area contributed by atoms with E-state index in [4.69, 9.17) is 15.2 Å². The molecule has 3 aromatic rings. The van der Waals surface area contributed by atoms with Crippen molar-refractivity contribution in [3.8, 4) is 16.2 Å². The molecule has 1 aromatic heterocycles. The monoisotopic (exact) mass is 508 g/mol. The highest BCUT2D eigenvalue weighted by molar-refractivity contribution is 7.19. The molecule has 6 rings (SSSR count). The number of hydrogen-bond acceptors (Lipinski definition) is 7. The van der Waals surface area contributed by atoms with E-state index in [0.29, 0.717) is 40.5 Å². The third kappa shape index (κ3) is 4.10. The van der Waals surface area contributed by atoms with Crippen LogP contribution in [0.4, 0.5) is 9.52 Å². The highest BCUT2D eigenvalue weighted by Crippen LogP contribution is 2.50. The van der Waals surface area contributed by atoms with Crippen LogP contribution in [0.15, 0.2) is 36.4 Å². The summed E-state index contributed by atoms with van der Waals surface area (Å²) in [4.78, 5) is 33.7. The minimum absolute atomic E-state index is 0.00756. The van der Waals surface area contributed by atoms with Gasteiger partial charge in [0.25, 0.3) is 11.8 Å². The first kappa shape index (κ1) is 22.9. The fourth-order valence-electron chi connectivity index (χ4n) is 5.31. The molecule has 1 saturated carbocycles. The summed E-state index contributed by atoms with van der Waals surface area (Å²) in [5.74, 6) is -0.0882. The third-order valence-corrected chi connectivity index (χ3v) is 8.02. The van der Waals surface area contributed by atoms with Crippen molar-refractivity contribution < 1.29 is 23.5 Å². The predicted octanol–water partition coefficient (Wildman–Crippen LogP) is 3.60. The molecule has 0 radical (unpaired) electrons. The van der Waals surface area contributed by atoms with E-state index in [2.05, 4.69) is 10.3 Å². The summed E-state index contributed by atoms with van der Waals surface area (Å²) in [7, 11) is 0. The molecule has 186 valence electrons. The fraction of sp³-hybridized carbons (Fsp3) is 0.346. The Morgan fingerprint density at radius 3 is 3.00 bits per heavy atom. The van der Waals surface area contributed by atoms with Gasteiger partial charge >= 0.3 is 0 Å². The van der Waals surface area contributed by atoms with Gasteiger partial charge in [-0.15, -0.1) is 0 Å². The number of aromatic nitrogens is 1. The summed E-state index contributed by atoms with van der Waals surface area (Å²) in [6.07, 6.45) is 1.02. The molecule has 1 aliphatic carbocycles. The zero-order chi connectivity index (χ0) is 25.0. The van der Waals surface area contributed by atoms with E-state index in [1.54, 1.807) is 4.90 Å². The molecular formula is C26H25FN4O4S. The number of nitrogens with two attached hydrogens (primary N) is 1. The van der Waals surface area contributed by atoms with Gasteiger partial charge in [0.15, 0.2) is 11.9 Å². The molecule has 10 heteroatoms. The van der Waals surface area contributed by atoms with Crippen molar-refractivity contribution in [2.75, 3.05) is 25.6 Å². The van der Waals surface area contributed by atoms with Crippen molar-refractivity contribution in [1.29, 1.82) is 0 Å². The SMILES string of the molecule is Cc1cccc(-c2sc(N)nc2C(=O)N2C[C@H]3C[C@H]3[C@H]2CNC(=O)c2cc(F)cc3c2OCOC3)c1. The number of rotatable bonds is 5. The zero-order valence-electron chi connectivity index (χ0n) is 19.6. The first-order valence-electron chi connectivity index (χ1n) is 11.8. The number of anilines is 1. The van der Waals surface area contributed by atoms with Crippen LogP contribution in [-0.4, -0.2) is 47.6 Å². The molecular weight excluding hydrogens is 483 g/mol. The summed E-state index contributed by atoms with van der Waals surface area (Å²) < 4.78 is 24.8. The van der Waals surface area contributed by atoms with Crippen LogP contribution in [0.25, 0.3) is 10.4 Å². The number of fused-ring (bicyclic) bond motifs is 2. The molecule has 1 saturated heterocycles. The summed E-state index contributed by atoms with van der Waals surface area (Å²) in [6, 6.07) is 10.2. The number of piperidine rings is 1. The molecule has 3 atom stereocenters. The lowest BCUT2D eigenvalue weighted by atomic mass is 10.1. The van der Waals surface area contributed by atoms with Gasteiger partial charge in [-0.1, -0.05) is 41.2 Å². The zero-order valence-corrected chi connectivity index (χ0v) is 20.4. The second-order valence-corrected chi connectivity index (χ2v) is 10.6. The Hall–Kier alpha value is -3.50. The number of carbonyl (C=O) groups excluding carboxylic acids is 2. The number of halogens is 1. The number of benzene rings is 2. The Balaban J connectivity index is 1.22. The average molecular weight is 509 g/mol. The average Bonchev–Trinajstić information content (AvgIpc) is 3.38. The maximum absolute atomic E-state index is 14.1. The Bertz CT molecular complexity index is 1380. The van der Waals surface area contributed by atoms with Crippen LogP contribution < -0.4 is 15.8 Å². The summed E-state index contributed by atoms with van der Waals surface area (Å²) in [5, 5.41) is 3.24. The lowest BCUT2D eigenvalue weighted by Crippen LogP contribution is -2.46. The summed E-state index contributed by atoms with van der Waals surface area (Å²) in [6.45, 7) is 3.06. The molecule has 3 heterocycles. The standard InChI is InChI=1S/C26H25FN4O4S/c1-13-3-2-4-14(5-13)23-21(30-26(28)36-23)25(33)31-10-15-7-18(15)20(31)9-29-24(32)19-8-17(27)6-16-11-34-12-35-22(16)19/h2-6,8,15,18,20H,7,9-12H2,1H3,(H2,28,30)(H,29,32)/t15-,18-,20-/m1/s1. The smallest absolute Gasteiger partial charge is 0.274 e. The van der Waals surface area contributed by atoms with Gasteiger partial charge in [-0.2, -0.15) is 0 Å². The van der Waals surface area contributed by atoms with E-state index in [1.165, 1.54) is 23.5 Å². The molecule has 0 spiro atoms. The van der Waals surface area contributed by atoms with Gasteiger partial charge in [0.1, 0.15) is 17.3 Å². The van der Waals surface area contributed by atoms with E-state index in [9.17, 15) is 14.0 Å². The Morgan fingerprint density at radius 1 is 1.31 bits per heavy atom. The Morgan fingerprint density at radius 2 is 2.17 bits per heavy atom. The highest BCUT2D eigenvalue weighted by atomic mass is 32.1. The van der Waals surface area contributed by atoms with E-state index >= 15 is 0 Å². The molecule has 3 aliphatic rings. The van der Waals surface area contributed by atoms with E-state index in [0.717, 1.165) is 22.4 Å². The molecule has 2 fully saturated rings. The summed E-state index contributed by atoms with van der Waals surface area (Å²) in [5.41, 5.74) is 8.97. The van der Waals surface area contributed by atoms with Crippen LogP contribution >= 0.6 is 11.3 Å². The predicted molar refractivity (Wildman–Crippen MR) is 132 cm³/mol. The molecule has 36 heavy (non-hydrogen) atoms. The fourth-order valence-corrected chi connectivity index (χ4v) is 6.13. The van der Waals surface area contributed by atoms with Gasteiger partial charge in [-0.05, 0) is 42.9 Å². The third-order valence-electron chi connectivity index (χ3n) is 7.08. The maximum Gasteiger partial charge on any atom is 0.274 e. The van der Waals surface area contributed by atoms with Gasteiger partial charge in [-0.3, -0.25) is 9.59 Å². The van der Waals surface area contributed by atoms with Crippen molar-refractivity contribution in [3.05, 3.63) is 64.6 Å². The molecule has 2 aliphatic heterocycles. The number of aryl methyl sites for hydroxylation is 1. The normalized spacial score (nSPS) is 21.9. The van der Waals surface area contributed by atoms with Crippen molar-refractivity contribution in [2.45, 2.75) is 26.0 Å². The number of likely N-dealkylation sites (tertiary alicyclic amines) is 1. The quantitative estimate of drug-likeness (QED) is 0.546. The van der Waals surface area contributed by atoms with E-state index in [-0.39, 0.29) is 37.5 Å². The van der Waals surface area contributed by atoms with Crippen molar-refractivity contribution in [3.63, 3.8) is 0 Å². The second kappa shape index (κ2) is 8.86. The lowest BCUT2D eigenvalue weighted by molar-refractivity contribution is -0.0170. The van der Waals surface area contributed by atoms with Gasteiger partial charge < -0.3 is 25.4 Å². The van der Waals surface area contributed by atoms with Crippen molar-refractivity contribution >= 4 is 28.3 Å². The largest absolute Gasteiger partial charge is 0.466 e. The van der Waals surface area contributed by atoms with Gasteiger partial charge in [0.05, 0.1) is 23.1 Å². The number of nitrogens with zero attached hydrogens (tertiary/aromatic N) is 2. The highest BCUT2D eigenvalue weighted by Gasteiger charge is 2.54. The number of carbonyl (C=O) groups is 2. The van der Waals surface area contributed by atoms with Crippen LogP contribution in [0.3, 0.4) is 0 Å². The summed E-state index contributed by atoms with van der Waals surface area (Å²) >= 11 is 1.30. The van der Waals surface area contributed by atoms with Crippen LogP contribution in [0.2, 0.25) is 0 Å². The van der Waals surface area contributed by atoms with E-state index < -0.39 is 11.7 Å². The Kier molecular flexibility index (Phi) is 5.65. The maximum atomic E-state index is 14.1. The topological polar surface area (TPSA) is 107 Å². The number of hydrogen-bond donors (Lipinski definition) is 2. The van der Waals surface area contributed by atoms with Crippen LogP contribution in [0.1, 0.15) is 38.4 Å².